The number of nitrogens with one attached hydrogen (secondary N) is 2. The van der Waals surface area contributed by atoms with Crippen LogP contribution in [0.15, 0.2) is 36.5 Å². The first kappa shape index (κ1) is 21.7. The van der Waals surface area contributed by atoms with Crippen LogP contribution in [0.1, 0.15) is 39.3 Å². The summed E-state index contributed by atoms with van der Waals surface area (Å²) in [4.78, 5) is 54.9. The molecule has 0 aliphatic carbocycles. The molecule has 0 saturated carbocycles. The second kappa shape index (κ2) is 8.45. The van der Waals surface area contributed by atoms with Crippen LogP contribution in [0.4, 0.5) is 5.82 Å². The fraction of sp³-hybridized carbons (Fsp3) is 0.261. The fourth-order valence-electron chi connectivity index (χ4n) is 4.38. The van der Waals surface area contributed by atoms with Gasteiger partial charge >= 0.3 is 0 Å². The molecule has 13 heteroatoms. The van der Waals surface area contributed by atoms with Crippen molar-refractivity contribution in [2.45, 2.75) is 25.4 Å². The molecule has 3 aromatic rings. The summed E-state index contributed by atoms with van der Waals surface area (Å²) < 4.78 is 12.3. The van der Waals surface area contributed by atoms with E-state index < -0.39 is 17.9 Å². The minimum atomic E-state index is -0.693. The van der Waals surface area contributed by atoms with Crippen LogP contribution < -0.4 is 20.1 Å². The Morgan fingerprint density at radius 2 is 1.97 bits per heavy atom. The molecule has 2 N–H and O–H groups in total. The van der Waals surface area contributed by atoms with Crippen molar-refractivity contribution >= 4 is 29.4 Å². The number of nitrogens with zero attached hydrogens (tertiary/aromatic N) is 5. The Labute approximate surface area is 203 Å². The summed E-state index contributed by atoms with van der Waals surface area (Å²) in [6.45, 7) is 1.05. The molecule has 0 radical (unpaired) electrons. The number of benzene rings is 1. The second-order valence-corrected chi connectivity index (χ2v) is 8.44. The fourth-order valence-corrected chi connectivity index (χ4v) is 4.38. The highest BCUT2D eigenvalue weighted by Gasteiger charge is 2.39. The minimum absolute atomic E-state index is 0.0634. The highest BCUT2D eigenvalue weighted by molar-refractivity contribution is 6.05. The van der Waals surface area contributed by atoms with Crippen molar-refractivity contribution in [3.8, 4) is 17.3 Å². The number of pyridine rings is 1. The van der Waals surface area contributed by atoms with E-state index in [9.17, 15) is 19.2 Å². The van der Waals surface area contributed by atoms with Gasteiger partial charge in [0.2, 0.25) is 11.8 Å². The summed E-state index contributed by atoms with van der Waals surface area (Å²) in [6.07, 6.45) is 1.94. The lowest BCUT2D eigenvalue weighted by Gasteiger charge is -2.29. The zero-order valence-electron chi connectivity index (χ0n) is 18.8. The third kappa shape index (κ3) is 3.79. The molecule has 13 nitrogen and oxygen atoms in total. The molecule has 1 aromatic carbocycles. The number of piperidine rings is 1. The van der Waals surface area contributed by atoms with Crippen LogP contribution in [-0.4, -0.2) is 67.8 Å². The van der Waals surface area contributed by atoms with E-state index in [1.165, 1.54) is 15.8 Å². The van der Waals surface area contributed by atoms with E-state index in [1.807, 2.05) is 0 Å². The maximum atomic E-state index is 12.9. The van der Waals surface area contributed by atoms with E-state index in [1.54, 1.807) is 30.3 Å². The number of carbonyl (C=O) groups excluding carboxylic acids is 4. The molecule has 3 aliphatic heterocycles. The van der Waals surface area contributed by atoms with Gasteiger partial charge in [-0.3, -0.25) is 24.5 Å². The van der Waals surface area contributed by atoms with Crippen molar-refractivity contribution in [2.75, 3.05) is 18.5 Å². The Morgan fingerprint density at radius 1 is 1.11 bits per heavy atom. The van der Waals surface area contributed by atoms with E-state index in [4.69, 9.17) is 9.47 Å². The Kier molecular flexibility index (Phi) is 5.09. The van der Waals surface area contributed by atoms with Crippen LogP contribution in [0.3, 0.4) is 0 Å². The van der Waals surface area contributed by atoms with Gasteiger partial charge in [0.25, 0.3) is 17.7 Å². The maximum Gasteiger partial charge on any atom is 0.279 e. The summed E-state index contributed by atoms with van der Waals surface area (Å²) >= 11 is 0. The van der Waals surface area contributed by atoms with Gasteiger partial charge in [0.05, 0.1) is 11.9 Å². The van der Waals surface area contributed by atoms with Crippen molar-refractivity contribution < 1.29 is 28.7 Å². The zero-order valence-corrected chi connectivity index (χ0v) is 18.8. The molecular formula is C23H19N7O6. The maximum absolute atomic E-state index is 12.9. The number of carbonyl (C=O) groups is 4. The van der Waals surface area contributed by atoms with Crippen LogP contribution in [-0.2, 0) is 16.1 Å². The molecule has 182 valence electrons. The van der Waals surface area contributed by atoms with Crippen molar-refractivity contribution in [1.82, 2.24) is 30.2 Å². The number of amides is 4. The number of hydrogen-bond acceptors (Lipinski definition) is 9. The number of imide groups is 1. The Bertz CT molecular complexity index is 1430. The molecule has 6 rings (SSSR count). The Balaban J connectivity index is 1.17. The molecule has 2 aromatic heterocycles. The first-order chi connectivity index (χ1) is 17.5. The van der Waals surface area contributed by atoms with E-state index in [0.717, 1.165) is 0 Å². The molecule has 0 spiro atoms. The second-order valence-electron chi connectivity index (χ2n) is 8.44. The van der Waals surface area contributed by atoms with Crippen LogP contribution >= 0.6 is 0 Å². The third-order valence-electron chi connectivity index (χ3n) is 6.14. The first-order valence-corrected chi connectivity index (χ1v) is 11.2. The molecule has 5 heterocycles. The van der Waals surface area contributed by atoms with Crippen molar-refractivity contribution in [3.05, 3.63) is 53.3 Å². The van der Waals surface area contributed by atoms with Crippen LogP contribution in [0, 0.1) is 0 Å². The van der Waals surface area contributed by atoms with Crippen molar-refractivity contribution in [3.63, 3.8) is 0 Å². The Hall–Kier alpha value is -4.81. The number of rotatable bonds is 4. The van der Waals surface area contributed by atoms with Crippen LogP contribution in [0.5, 0.6) is 11.6 Å². The first-order valence-electron chi connectivity index (χ1n) is 11.2. The van der Waals surface area contributed by atoms with Gasteiger partial charge in [-0.15, -0.1) is 5.10 Å². The summed E-state index contributed by atoms with van der Waals surface area (Å²) in [7, 11) is 0. The van der Waals surface area contributed by atoms with Gasteiger partial charge in [0.1, 0.15) is 25.1 Å². The molecule has 1 unspecified atom stereocenters. The number of ether oxygens (including phenoxy) is 2. The monoisotopic (exact) mass is 489 g/mol. The molecule has 1 fully saturated rings. The third-order valence-corrected chi connectivity index (χ3v) is 6.14. The molecule has 36 heavy (non-hydrogen) atoms. The smallest absolute Gasteiger partial charge is 0.279 e. The topological polar surface area (TPSA) is 158 Å². The summed E-state index contributed by atoms with van der Waals surface area (Å²) in [6, 6.07) is 7.67. The van der Waals surface area contributed by atoms with E-state index in [0.29, 0.717) is 41.7 Å². The SMILES string of the molecule is O=C1CCC(N2Cc3cc(-n4cc(C(=O)Nc5ccc6c(n5)OCCO6)nn4)ccc3C2=O)C(=O)N1. The van der Waals surface area contributed by atoms with Gasteiger partial charge in [0, 0.05) is 18.5 Å². The number of fused-ring (bicyclic) bond motifs is 2. The average Bonchev–Trinajstić information content (AvgIpc) is 3.49. The van der Waals surface area contributed by atoms with Gasteiger partial charge in [0.15, 0.2) is 11.4 Å². The lowest BCUT2D eigenvalue weighted by Crippen LogP contribution is -2.52. The molecule has 1 saturated heterocycles. The Morgan fingerprint density at radius 3 is 2.83 bits per heavy atom. The van der Waals surface area contributed by atoms with Crippen molar-refractivity contribution in [1.29, 1.82) is 0 Å². The van der Waals surface area contributed by atoms with Gasteiger partial charge < -0.3 is 19.7 Å². The summed E-state index contributed by atoms with van der Waals surface area (Å²) in [5.41, 5.74) is 1.85. The molecular weight excluding hydrogens is 470 g/mol. The van der Waals surface area contributed by atoms with E-state index in [2.05, 4.69) is 25.9 Å². The lowest BCUT2D eigenvalue weighted by molar-refractivity contribution is -0.136. The standard InChI is InChI=1S/C23H19N7O6/c31-19-6-3-16(21(33)26-19)29-10-12-9-13(1-2-14(12)23(29)34)30-11-15(27-28-30)20(32)24-18-5-4-17-22(25-18)36-8-7-35-17/h1-2,4-5,9,11,16H,3,6-8,10H2,(H,24,25,32)(H,26,31,33). The van der Waals surface area contributed by atoms with E-state index in [-0.39, 0.29) is 42.7 Å². The lowest BCUT2D eigenvalue weighted by atomic mass is 10.0. The van der Waals surface area contributed by atoms with Gasteiger partial charge in [-0.25, -0.2) is 4.68 Å². The molecule has 3 aliphatic rings. The normalized spacial score (nSPS) is 18.6. The van der Waals surface area contributed by atoms with Gasteiger partial charge in [-0.1, -0.05) is 5.21 Å². The number of anilines is 1. The summed E-state index contributed by atoms with van der Waals surface area (Å²) in [5, 5.41) is 12.9. The number of aromatic nitrogens is 4. The van der Waals surface area contributed by atoms with Crippen molar-refractivity contribution in [2.24, 2.45) is 0 Å². The zero-order chi connectivity index (χ0) is 24.8. The highest BCUT2D eigenvalue weighted by Crippen LogP contribution is 2.30. The number of hydrogen-bond donors (Lipinski definition) is 2. The van der Waals surface area contributed by atoms with Crippen LogP contribution in [0.2, 0.25) is 0 Å². The largest absolute Gasteiger partial charge is 0.484 e. The molecule has 4 amide bonds. The summed E-state index contributed by atoms with van der Waals surface area (Å²) in [5.74, 6) is -0.477. The predicted octanol–water partition coefficient (Wildman–Crippen LogP) is 0.447. The highest BCUT2D eigenvalue weighted by atomic mass is 16.6. The minimum Gasteiger partial charge on any atom is -0.484 e. The molecule has 0 bridgehead atoms. The predicted molar refractivity (Wildman–Crippen MR) is 121 cm³/mol. The average molecular weight is 489 g/mol. The van der Waals surface area contributed by atoms with E-state index >= 15 is 0 Å². The quantitative estimate of drug-likeness (QED) is 0.496. The van der Waals surface area contributed by atoms with Gasteiger partial charge in [-0.2, -0.15) is 4.98 Å². The van der Waals surface area contributed by atoms with Crippen LogP contribution in [0.25, 0.3) is 5.69 Å². The van der Waals surface area contributed by atoms with Gasteiger partial charge in [-0.05, 0) is 42.3 Å². The molecule has 1 atom stereocenters.